The molecule has 118 valence electrons. The lowest BCUT2D eigenvalue weighted by molar-refractivity contribution is 0.0890. The Morgan fingerprint density at radius 1 is 0.957 bits per heavy atom. The highest BCUT2D eigenvalue weighted by molar-refractivity contribution is 6.29. The second-order valence-electron chi connectivity index (χ2n) is 7.19. The van der Waals surface area contributed by atoms with Crippen LogP contribution in [-0.2, 0) is 5.41 Å². The monoisotopic (exact) mass is 308 g/mol. The van der Waals surface area contributed by atoms with Crippen molar-refractivity contribution in [2.24, 2.45) is 0 Å². The molecule has 0 radical (unpaired) electrons. The van der Waals surface area contributed by atoms with Gasteiger partial charge in [-0.2, -0.15) is 0 Å². The van der Waals surface area contributed by atoms with Crippen molar-refractivity contribution >= 4 is 11.6 Å². The van der Waals surface area contributed by atoms with Gasteiger partial charge in [0.2, 0.25) is 0 Å². The number of carbonyl (C=O) groups is 2. The molecule has 0 spiro atoms. The number of Topliss-reactive ketones (excluding diaryl/α,β-unsaturated/α-hetero) is 2. The van der Waals surface area contributed by atoms with Gasteiger partial charge in [-0.1, -0.05) is 57.2 Å². The molecule has 0 aromatic heterocycles. The van der Waals surface area contributed by atoms with Crippen molar-refractivity contribution in [3.05, 3.63) is 64.2 Å². The molecule has 1 aliphatic carbocycles. The van der Waals surface area contributed by atoms with E-state index in [-0.39, 0.29) is 22.7 Å². The number of phenolic OH excluding ortho intramolecular Hbond substituents is 1. The standard InChI is InChI=1S/C20H20O3/c1-11-9-12(10-15(17(11)21)20(2,3)4)16-18(22)13-7-5-6-8-14(13)19(16)23/h5-10,16,21H,1-4H3. The Hall–Kier alpha value is -2.42. The summed E-state index contributed by atoms with van der Waals surface area (Å²) in [4.78, 5) is 25.4. The minimum Gasteiger partial charge on any atom is -0.507 e. The minimum atomic E-state index is -0.798. The van der Waals surface area contributed by atoms with Crippen LogP contribution in [0.5, 0.6) is 5.75 Å². The predicted molar refractivity (Wildman–Crippen MR) is 89.4 cm³/mol. The van der Waals surface area contributed by atoms with E-state index in [0.717, 1.165) is 5.56 Å². The normalized spacial score (nSPS) is 15.1. The van der Waals surface area contributed by atoms with Gasteiger partial charge in [-0.25, -0.2) is 0 Å². The van der Waals surface area contributed by atoms with Gasteiger partial charge in [0.05, 0.1) is 0 Å². The Morgan fingerprint density at radius 2 is 1.48 bits per heavy atom. The van der Waals surface area contributed by atoms with Crippen molar-refractivity contribution in [2.45, 2.75) is 39.0 Å². The third kappa shape index (κ3) is 2.37. The van der Waals surface area contributed by atoms with Crippen LogP contribution < -0.4 is 0 Å². The van der Waals surface area contributed by atoms with Crippen molar-refractivity contribution in [2.75, 3.05) is 0 Å². The van der Waals surface area contributed by atoms with E-state index in [0.29, 0.717) is 22.3 Å². The molecule has 0 atom stereocenters. The highest BCUT2D eigenvalue weighted by Gasteiger charge is 2.40. The van der Waals surface area contributed by atoms with Crippen molar-refractivity contribution in [3.63, 3.8) is 0 Å². The molecule has 0 saturated heterocycles. The van der Waals surface area contributed by atoms with Crippen LogP contribution in [0.1, 0.15) is 64.1 Å². The van der Waals surface area contributed by atoms with Gasteiger partial charge in [-0.15, -0.1) is 0 Å². The van der Waals surface area contributed by atoms with Crippen molar-refractivity contribution in [3.8, 4) is 5.75 Å². The first-order chi connectivity index (χ1) is 10.7. The zero-order valence-corrected chi connectivity index (χ0v) is 13.8. The number of hydrogen-bond donors (Lipinski definition) is 1. The lowest BCUT2D eigenvalue weighted by Crippen LogP contribution is -2.17. The Bertz CT molecular complexity index is 790. The lowest BCUT2D eigenvalue weighted by atomic mass is 9.81. The molecule has 23 heavy (non-hydrogen) atoms. The molecular formula is C20H20O3. The van der Waals surface area contributed by atoms with Gasteiger partial charge in [0.1, 0.15) is 11.7 Å². The number of aryl methyl sites for hydroxylation is 1. The van der Waals surface area contributed by atoms with Crippen LogP contribution >= 0.6 is 0 Å². The molecule has 2 aromatic rings. The fourth-order valence-corrected chi connectivity index (χ4v) is 3.19. The van der Waals surface area contributed by atoms with E-state index in [1.165, 1.54) is 0 Å². The van der Waals surface area contributed by atoms with E-state index in [1.807, 2.05) is 20.8 Å². The molecule has 0 fully saturated rings. The average molecular weight is 308 g/mol. The highest BCUT2D eigenvalue weighted by atomic mass is 16.3. The van der Waals surface area contributed by atoms with Crippen LogP contribution in [0.4, 0.5) is 0 Å². The summed E-state index contributed by atoms with van der Waals surface area (Å²) in [7, 11) is 0. The highest BCUT2D eigenvalue weighted by Crippen LogP contribution is 2.39. The second kappa shape index (κ2) is 5.05. The fraction of sp³-hybridized carbons (Fsp3) is 0.300. The Morgan fingerprint density at radius 3 is 1.96 bits per heavy atom. The van der Waals surface area contributed by atoms with Crippen LogP contribution in [0, 0.1) is 6.92 Å². The first kappa shape index (κ1) is 15.5. The molecule has 3 heteroatoms. The maximum atomic E-state index is 12.7. The van der Waals surface area contributed by atoms with E-state index in [9.17, 15) is 14.7 Å². The number of hydrogen-bond acceptors (Lipinski definition) is 3. The van der Waals surface area contributed by atoms with Crippen molar-refractivity contribution in [1.29, 1.82) is 0 Å². The van der Waals surface area contributed by atoms with Gasteiger partial charge in [0.25, 0.3) is 0 Å². The minimum absolute atomic E-state index is 0.157. The number of carbonyl (C=O) groups excluding carboxylic acids is 2. The molecule has 0 unspecified atom stereocenters. The van der Waals surface area contributed by atoms with Crippen molar-refractivity contribution < 1.29 is 14.7 Å². The van der Waals surface area contributed by atoms with Gasteiger partial charge >= 0.3 is 0 Å². The number of ketones is 2. The van der Waals surface area contributed by atoms with Crippen LogP contribution in [0.15, 0.2) is 36.4 Å². The van der Waals surface area contributed by atoms with E-state index in [1.54, 1.807) is 43.3 Å². The summed E-state index contributed by atoms with van der Waals surface area (Å²) in [5.74, 6) is -0.879. The second-order valence-corrected chi connectivity index (χ2v) is 7.19. The lowest BCUT2D eigenvalue weighted by Gasteiger charge is -2.23. The molecule has 0 aliphatic heterocycles. The SMILES string of the molecule is Cc1cc(C2C(=O)c3ccccc3C2=O)cc(C(C)(C)C)c1O. The maximum Gasteiger partial charge on any atom is 0.178 e. The molecule has 0 bridgehead atoms. The smallest absolute Gasteiger partial charge is 0.178 e. The van der Waals surface area contributed by atoms with E-state index >= 15 is 0 Å². The van der Waals surface area contributed by atoms with Crippen LogP contribution in [-0.4, -0.2) is 16.7 Å². The number of benzene rings is 2. The molecule has 0 amide bonds. The molecule has 3 rings (SSSR count). The molecule has 0 heterocycles. The van der Waals surface area contributed by atoms with Gasteiger partial charge in [-0.3, -0.25) is 9.59 Å². The number of rotatable bonds is 1. The van der Waals surface area contributed by atoms with Gasteiger partial charge < -0.3 is 5.11 Å². The van der Waals surface area contributed by atoms with Crippen LogP contribution in [0.2, 0.25) is 0 Å². The summed E-state index contributed by atoms with van der Waals surface area (Å²) in [6.45, 7) is 7.79. The van der Waals surface area contributed by atoms with Crippen LogP contribution in [0.3, 0.4) is 0 Å². The average Bonchev–Trinajstić information content (AvgIpc) is 2.73. The molecular weight excluding hydrogens is 288 g/mol. The van der Waals surface area contributed by atoms with Gasteiger partial charge in [-0.05, 0) is 29.0 Å². The molecule has 3 nitrogen and oxygen atoms in total. The van der Waals surface area contributed by atoms with E-state index in [4.69, 9.17) is 0 Å². The third-order valence-corrected chi connectivity index (χ3v) is 4.45. The summed E-state index contributed by atoms with van der Waals surface area (Å²) in [5.41, 5.74) is 2.81. The van der Waals surface area contributed by atoms with Crippen molar-refractivity contribution in [1.82, 2.24) is 0 Å². The maximum absolute atomic E-state index is 12.7. The number of fused-ring (bicyclic) bond motifs is 1. The topological polar surface area (TPSA) is 54.4 Å². The Labute approximate surface area is 136 Å². The zero-order valence-electron chi connectivity index (χ0n) is 13.8. The largest absolute Gasteiger partial charge is 0.507 e. The third-order valence-electron chi connectivity index (χ3n) is 4.45. The van der Waals surface area contributed by atoms with Gasteiger partial charge in [0, 0.05) is 11.1 Å². The quantitative estimate of drug-likeness (QED) is 0.805. The first-order valence-corrected chi connectivity index (χ1v) is 7.73. The summed E-state index contributed by atoms with van der Waals surface area (Å²) < 4.78 is 0. The number of aromatic hydroxyl groups is 1. The Balaban J connectivity index is 2.16. The molecule has 1 aliphatic rings. The van der Waals surface area contributed by atoms with Crippen LogP contribution in [0.25, 0.3) is 0 Å². The van der Waals surface area contributed by atoms with Gasteiger partial charge in [0.15, 0.2) is 11.6 Å². The Kier molecular flexibility index (Phi) is 3.40. The molecule has 2 aromatic carbocycles. The summed E-state index contributed by atoms with van der Waals surface area (Å²) in [6.07, 6.45) is 0. The predicted octanol–water partition coefficient (Wildman–Crippen LogP) is 4.16. The summed E-state index contributed by atoms with van der Waals surface area (Å²) in [5, 5.41) is 10.3. The van der Waals surface area contributed by atoms with E-state index in [2.05, 4.69) is 0 Å². The molecule has 1 N–H and O–H groups in total. The number of phenols is 1. The fourth-order valence-electron chi connectivity index (χ4n) is 3.19. The van der Waals surface area contributed by atoms with E-state index < -0.39 is 5.92 Å². The molecule has 0 saturated carbocycles. The first-order valence-electron chi connectivity index (χ1n) is 7.73. The summed E-state index contributed by atoms with van der Waals surface area (Å²) >= 11 is 0. The zero-order chi connectivity index (χ0) is 16.9. The summed E-state index contributed by atoms with van der Waals surface area (Å²) in [6, 6.07) is 10.5.